The van der Waals surface area contributed by atoms with Crippen molar-refractivity contribution in [2.45, 2.75) is 52.1 Å². The van der Waals surface area contributed by atoms with E-state index in [0.717, 1.165) is 18.5 Å². The Morgan fingerprint density at radius 3 is 2.74 bits per heavy atom. The van der Waals surface area contributed by atoms with Crippen LogP contribution in [0.5, 0.6) is 0 Å². The van der Waals surface area contributed by atoms with Gasteiger partial charge in [-0.25, -0.2) is 0 Å². The third-order valence-corrected chi connectivity index (χ3v) is 4.21. The second-order valence-corrected chi connectivity index (χ2v) is 7.00. The van der Waals surface area contributed by atoms with Gasteiger partial charge in [0.2, 0.25) is 0 Å². The molecule has 2 rings (SSSR count). The molecular weight excluding hydrogens is 240 g/mol. The molecule has 0 saturated heterocycles. The molecule has 0 aromatic carbocycles. The predicted octanol–water partition coefficient (Wildman–Crippen LogP) is 1.48. The molecule has 2 unspecified atom stereocenters. The number of aliphatic hydroxyl groups excluding tert-OH is 1. The maximum atomic E-state index is 9.89. The largest absolute Gasteiger partial charge is 0.394 e. The zero-order chi connectivity index (χ0) is 14.1. The number of nitrogens with one attached hydrogen (secondary N) is 1. The highest BCUT2D eigenvalue weighted by Gasteiger charge is 2.42. The zero-order valence-corrected chi connectivity index (χ0v) is 12.5. The van der Waals surface area contributed by atoms with Crippen LogP contribution in [0.25, 0.3) is 0 Å². The first-order valence-electron chi connectivity index (χ1n) is 7.05. The van der Waals surface area contributed by atoms with Gasteiger partial charge < -0.3 is 10.4 Å². The fourth-order valence-electron chi connectivity index (χ4n) is 3.80. The van der Waals surface area contributed by atoms with E-state index in [2.05, 4.69) is 36.4 Å². The molecule has 2 N–H and O–H groups in total. The number of rotatable bonds is 4. The molecule has 1 heterocycles. The first kappa shape index (κ1) is 14.5. The molecule has 1 aliphatic carbocycles. The maximum Gasteiger partial charge on any atom is 0.0738 e. The molecule has 19 heavy (non-hydrogen) atoms. The van der Waals surface area contributed by atoms with Crippen LogP contribution in [0.4, 0.5) is 0 Å². The molecular formula is C14H26N4O. The van der Waals surface area contributed by atoms with Gasteiger partial charge in [0, 0.05) is 19.1 Å². The lowest BCUT2D eigenvalue weighted by atomic mass is 9.64. The molecule has 0 radical (unpaired) electrons. The normalized spacial score (nSPS) is 30.5. The Hall–Kier alpha value is -0.940. The van der Waals surface area contributed by atoms with E-state index in [0.29, 0.717) is 12.5 Å². The number of hydrogen-bond donors (Lipinski definition) is 2. The quantitative estimate of drug-likeness (QED) is 0.866. The molecule has 1 aliphatic rings. The van der Waals surface area contributed by atoms with Gasteiger partial charge in [0.25, 0.3) is 0 Å². The van der Waals surface area contributed by atoms with Crippen LogP contribution in [0, 0.1) is 11.3 Å². The fraction of sp³-hybridized carbons (Fsp3) is 0.857. The second-order valence-electron chi connectivity index (χ2n) is 7.00. The summed E-state index contributed by atoms with van der Waals surface area (Å²) < 4.78 is 1.77. The summed E-state index contributed by atoms with van der Waals surface area (Å²) >= 11 is 0. The number of aryl methyl sites for hydroxylation is 1. The smallest absolute Gasteiger partial charge is 0.0738 e. The average molecular weight is 266 g/mol. The van der Waals surface area contributed by atoms with E-state index in [1.54, 1.807) is 10.9 Å². The third-order valence-electron chi connectivity index (χ3n) is 4.21. The summed E-state index contributed by atoms with van der Waals surface area (Å²) in [6.07, 6.45) is 5.03. The lowest BCUT2D eigenvalue weighted by Gasteiger charge is -2.47. The maximum absolute atomic E-state index is 9.89. The first-order chi connectivity index (χ1) is 8.86. The van der Waals surface area contributed by atoms with Crippen LogP contribution in [-0.2, 0) is 13.6 Å². The van der Waals surface area contributed by atoms with Crippen molar-refractivity contribution in [2.24, 2.45) is 18.4 Å². The summed E-state index contributed by atoms with van der Waals surface area (Å²) in [5.41, 5.74) is 1.15. The topological polar surface area (TPSA) is 63.0 Å². The van der Waals surface area contributed by atoms with Crippen molar-refractivity contribution in [3.63, 3.8) is 0 Å². The van der Waals surface area contributed by atoms with E-state index in [9.17, 15) is 5.11 Å². The summed E-state index contributed by atoms with van der Waals surface area (Å²) in [7, 11) is 1.89. The summed E-state index contributed by atoms with van der Waals surface area (Å²) in [6, 6.07) is 0. The number of nitrogens with zero attached hydrogens (tertiary/aromatic N) is 3. The molecule has 108 valence electrons. The van der Waals surface area contributed by atoms with Crippen molar-refractivity contribution in [3.05, 3.63) is 11.9 Å². The van der Waals surface area contributed by atoms with Gasteiger partial charge in [-0.05, 0) is 30.6 Å². The Morgan fingerprint density at radius 1 is 1.47 bits per heavy atom. The van der Waals surface area contributed by atoms with Gasteiger partial charge in [0.1, 0.15) is 0 Å². The number of hydrogen-bond acceptors (Lipinski definition) is 4. The van der Waals surface area contributed by atoms with Crippen molar-refractivity contribution >= 4 is 0 Å². The minimum absolute atomic E-state index is 0.175. The van der Waals surface area contributed by atoms with Crippen LogP contribution < -0.4 is 5.32 Å². The van der Waals surface area contributed by atoms with Crippen LogP contribution in [0.1, 0.15) is 45.7 Å². The highest BCUT2D eigenvalue weighted by molar-refractivity contribution is 5.01. The molecule has 5 nitrogen and oxygen atoms in total. The van der Waals surface area contributed by atoms with Crippen molar-refractivity contribution in [1.82, 2.24) is 20.3 Å². The molecule has 0 bridgehead atoms. The van der Waals surface area contributed by atoms with E-state index in [1.807, 2.05) is 7.05 Å². The Balaban J connectivity index is 2.07. The molecule has 1 aromatic heterocycles. The monoisotopic (exact) mass is 266 g/mol. The zero-order valence-electron chi connectivity index (χ0n) is 12.5. The van der Waals surface area contributed by atoms with E-state index in [-0.39, 0.29) is 17.6 Å². The van der Waals surface area contributed by atoms with Crippen molar-refractivity contribution < 1.29 is 5.11 Å². The predicted molar refractivity (Wildman–Crippen MR) is 74.5 cm³/mol. The highest BCUT2D eigenvalue weighted by Crippen LogP contribution is 2.43. The van der Waals surface area contributed by atoms with Gasteiger partial charge in [-0.1, -0.05) is 26.0 Å². The van der Waals surface area contributed by atoms with E-state index in [1.165, 1.54) is 6.42 Å². The average Bonchev–Trinajstić information content (AvgIpc) is 2.70. The third kappa shape index (κ3) is 3.34. The Bertz CT molecular complexity index is 429. The van der Waals surface area contributed by atoms with E-state index < -0.39 is 0 Å². The first-order valence-corrected chi connectivity index (χ1v) is 7.05. The molecule has 1 saturated carbocycles. The number of aromatic nitrogens is 3. The van der Waals surface area contributed by atoms with Gasteiger partial charge in [0.15, 0.2) is 0 Å². The highest BCUT2D eigenvalue weighted by atomic mass is 16.3. The standard InChI is InChI=1S/C14H26N4O/c1-11-5-13(2,3)9-14(6-11,10-19)15-7-12-8-16-17-18(12)4/h8,11,15,19H,5-7,9-10H2,1-4H3. The Morgan fingerprint density at radius 2 is 2.21 bits per heavy atom. The molecule has 0 spiro atoms. The van der Waals surface area contributed by atoms with Gasteiger partial charge in [-0.3, -0.25) is 4.68 Å². The van der Waals surface area contributed by atoms with Gasteiger partial charge in [-0.15, -0.1) is 5.10 Å². The van der Waals surface area contributed by atoms with E-state index >= 15 is 0 Å². The van der Waals surface area contributed by atoms with Crippen LogP contribution >= 0.6 is 0 Å². The van der Waals surface area contributed by atoms with E-state index in [4.69, 9.17) is 0 Å². The Kier molecular flexibility index (Phi) is 3.97. The molecule has 1 aromatic rings. The van der Waals surface area contributed by atoms with Crippen molar-refractivity contribution in [1.29, 1.82) is 0 Å². The van der Waals surface area contributed by atoms with Crippen LogP contribution in [-0.4, -0.2) is 32.2 Å². The molecule has 1 fully saturated rings. The van der Waals surface area contributed by atoms with Gasteiger partial charge in [-0.2, -0.15) is 0 Å². The minimum atomic E-state index is -0.175. The van der Waals surface area contributed by atoms with Crippen molar-refractivity contribution in [3.8, 4) is 0 Å². The summed E-state index contributed by atoms with van der Waals surface area (Å²) in [6.45, 7) is 7.75. The number of aliphatic hydroxyl groups is 1. The Labute approximate surface area is 115 Å². The molecule has 5 heteroatoms. The molecule has 2 atom stereocenters. The lowest BCUT2D eigenvalue weighted by Crippen LogP contribution is -2.55. The van der Waals surface area contributed by atoms with Gasteiger partial charge >= 0.3 is 0 Å². The van der Waals surface area contributed by atoms with Crippen LogP contribution in [0.2, 0.25) is 0 Å². The molecule has 0 amide bonds. The van der Waals surface area contributed by atoms with Crippen LogP contribution in [0.3, 0.4) is 0 Å². The summed E-state index contributed by atoms with van der Waals surface area (Å²) in [4.78, 5) is 0. The fourth-order valence-corrected chi connectivity index (χ4v) is 3.80. The second kappa shape index (κ2) is 5.21. The molecule has 0 aliphatic heterocycles. The lowest BCUT2D eigenvalue weighted by molar-refractivity contribution is 0.0348. The minimum Gasteiger partial charge on any atom is -0.394 e. The van der Waals surface area contributed by atoms with Crippen LogP contribution in [0.15, 0.2) is 6.20 Å². The summed E-state index contributed by atoms with van der Waals surface area (Å²) in [5.74, 6) is 0.632. The summed E-state index contributed by atoms with van der Waals surface area (Å²) in [5, 5.41) is 21.3. The van der Waals surface area contributed by atoms with Gasteiger partial charge in [0.05, 0.1) is 18.5 Å². The van der Waals surface area contributed by atoms with Crippen molar-refractivity contribution in [2.75, 3.05) is 6.61 Å². The SMILES string of the molecule is CC1CC(C)(C)CC(CO)(NCc2cnnn2C)C1.